The summed E-state index contributed by atoms with van der Waals surface area (Å²) in [5.41, 5.74) is 6.50. The maximum Gasteiger partial charge on any atom is 0.0733 e. The smallest absolute Gasteiger partial charge is 0.0733 e. The van der Waals surface area contributed by atoms with E-state index < -0.39 is 0 Å². The molecule has 1 nitrogen and oxygen atoms in total. The summed E-state index contributed by atoms with van der Waals surface area (Å²) in [5.74, 6) is 0.234. The van der Waals surface area contributed by atoms with E-state index in [1.807, 2.05) is 19.1 Å². The normalized spacial score (nSPS) is 12.5. The summed E-state index contributed by atoms with van der Waals surface area (Å²) >= 11 is 16.7. The fourth-order valence-electron chi connectivity index (χ4n) is 1.31. The SMILES string of the molecule is CC(CC(N)=S)c1ccc(Cl)cc1Cl. The number of halogens is 2. The van der Waals surface area contributed by atoms with E-state index in [1.165, 1.54) is 0 Å². The first-order chi connectivity index (χ1) is 6.50. The predicted molar refractivity (Wildman–Crippen MR) is 66.3 cm³/mol. The molecule has 1 unspecified atom stereocenters. The summed E-state index contributed by atoms with van der Waals surface area (Å²) in [5, 5.41) is 1.31. The third kappa shape index (κ3) is 3.12. The highest BCUT2D eigenvalue weighted by molar-refractivity contribution is 7.80. The average Bonchev–Trinajstić information content (AvgIpc) is 2.01. The van der Waals surface area contributed by atoms with Crippen LogP contribution in [0.15, 0.2) is 18.2 Å². The minimum absolute atomic E-state index is 0.234. The molecule has 0 bridgehead atoms. The molecule has 1 rings (SSSR count). The molecule has 0 heterocycles. The van der Waals surface area contributed by atoms with Gasteiger partial charge in [0.25, 0.3) is 0 Å². The molecule has 0 aliphatic rings. The van der Waals surface area contributed by atoms with E-state index in [0.29, 0.717) is 21.5 Å². The predicted octanol–water partition coefficient (Wildman–Crippen LogP) is 3.77. The standard InChI is InChI=1S/C10H11Cl2NS/c1-6(4-10(13)14)8-3-2-7(11)5-9(8)12/h2-3,5-6H,4H2,1H3,(H2,13,14). The van der Waals surface area contributed by atoms with Crippen LogP contribution in [0.4, 0.5) is 0 Å². The van der Waals surface area contributed by atoms with Crippen molar-refractivity contribution in [1.29, 1.82) is 0 Å². The molecular formula is C10H11Cl2NS. The monoisotopic (exact) mass is 247 g/mol. The highest BCUT2D eigenvalue weighted by Crippen LogP contribution is 2.29. The lowest BCUT2D eigenvalue weighted by Crippen LogP contribution is -2.11. The first-order valence-corrected chi connectivity index (χ1v) is 5.40. The van der Waals surface area contributed by atoms with Gasteiger partial charge in [0.1, 0.15) is 0 Å². The lowest BCUT2D eigenvalue weighted by Gasteiger charge is -2.12. The molecule has 1 aromatic carbocycles. The van der Waals surface area contributed by atoms with Gasteiger partial charge in [-0.1, -0.05) is 48.4 Å². The largest absolute Gasteiger partial charge is 0.393 e. The fourth-order valence-corrected chi connectivity index (χ4v) is 2.16. The Morgan fingerprint density at radius 1 is 1.50 bits per heavy atom. The van der Waals surface area contributed by atoms with Gasteiger partial charge in [-0.15, -0.1) is 0 Å². The summed E-state index contributed by atoms with van der Waals surface area (Å²) in [6, 6.07) is 5.46. The summed E-state index contributed by atoms with van der Waals surface area (Å²) in [7, 11) is 0. The van der Waals surface area contributed by atoms with Gasteiger partial charge in [-0.05, 0) is 23.6 Å². The molecule has 2 N–H and O–H groups in total. The van der Waals surface area contributed by atoms with E-state index in [2.05, 4.69) is 0 Å². The van der Waals surface area contributed by atoms with E-state index in [9.17, 15) is 0 Å². The Bertz CT molecular complexity index is 352. The first kappa shape index (κ1) is 11.8. The average molecular weight is 248 g/mol. The second-order valence-electron chi connectivity index (χ2n) is 3.24. The highest BCUT2D eigenvalue weighted by Gasteiger charge is 2.10. The van der Waals surface area contributed by atoms with Crippen LogP contribution in [0.3, 0.4) is 0 Å². The van der Waals surface area contributed by atoms with Crippen LogP contribution >= 0.6 is 35.4 Å². The molecule has 1 atom stereocenters. The molecule has 76 valence electrons. The Morgan fingerprint density at radius 3 is 2.64 bits per heavy atom. The third-order valence-electron chi connectivity index (χ3n) is 2.00. The van der Waals surface area contributed by atoms with Crippen LogP contribution in [0.5, 0.6) is 0 Å². The molecule has 14 heavy (non-hydrogen) atoms. The van der Waals surface area contributed by atoms with E-state index in [0.717, 1.165) is 5.56 Å². The summed E-state index contributed by atoms with van der Waals surface area (Å²) in [6.07, 6.45) is 0.663. The summed E-state index contributed by atoms with van der Waals surface area (Å²) < 4.78 is 0. The minimum atomic E-state index is 0.234. The third-order valence-corrected chi connectivity index (χ3v) is 2.73. The number of thiocarbonyl (C=S) groups is 1. The van der Waals surface area contributed by atoms with Crippen LogP contribution in [-0.4, -0.2) is 4.99 Å². The zero-order valence-electron chi connectivity index (χ0n) is 7.76. The molecule has 0 amide bonds. The lowest BCUT2D eigenvalue weighted by molar-refractivity contribution is 0.807. The van der Waals surface area contributed by atoms with Crippen molar-refractivity contribution >= 4 is 40.4 Å². The quantitative estimate of drug-likeness (QED) is 0.824. The summed E-state index contributed by atoms with van der Waals surface area (Å²) in [6.45, 7) is 2.04. The van der Waals surface area contributed by atoms with Crippen LogP contribution < -0.4 is 5.73 Å². The van der Waals surface area contributed by atoms with Gasteiger partial charge >= 0.3 is 0 Å². The number of rotatable bonds is 3. The van der Waals surface area contributed by atoms with Crippen LogP contribution in [0.1, 0.15) is 24.8 Å². The van der Waals surface area contributed by atoms with Crippen molar-refractivity contribution in [2.75, 3.05) is 0 Å². The Kier molecular flexibility index (Phi) is 4.17. The number of benzene rings is 1. The van der Waals surface area contributed by atoms with Gasteiger partial charge in [-0.3, -0.25) is 0 Å². The molecule has 0 saturated carbocycles. The molecule has 1 aromatic rings. The molecule has 0 aromatic heterocycles. The molecule has 0 fully saturated rings. The van der Waals surface area contributed by atoms with Crippen molar-refractivity contribution in [3.63, 3.8) is 0 Å². The topological polar surface area (TPSA) is 26.0 Å². The van der Waals surface area contributed by atoms with Gasteiger partial charge in [0.15, 0.2) is 0 Å². The van der Waals surface area contributed by atoms with Crippen molar-refractivity contribution < 1.29 is 0 Å². The molecule has 0 aliphatic heterocycles. The zero-order valence-corrected chi connectivity index (χ0v) is 10.1. The number of nitrogens with two attached hydrogens (primary N) is 1. The van der Waals surface area contributed by atoms with E-state index >= 15 is 0 Å². The Labute approximate surface area is 99.2 Å². The van der Waals surface area contributed by atoms with Gasteiger partial charge in [0, 0.05) is 16.5 Å². The first-order valence-electron chi connectivity index (χ1n) is 4.24. The molecule has 4 heteroatoms. The minimum Gasteiger partial charge on any atom is -0.393 e. The van der Waals surface area contributed by atoms with Crippen LogP contribution in [0, 0.1) is 0 Å². The molecule has 0 saturated heterocycles. The van der Waals surface area contributed by atoms with Crippen molar-refractivity contribution in [3.8, 4) is 0 Å². The van der Waals surface area contributed by atoms with Gasteiger partial charge < -0.3 is 5.73 Å². The van der Waals surface area contributed by atoms with E-state index in [-0.39, 0.29) is 5.92 Å². The molecule has 0 aliphatic carbocycles. The molecule has 0 radical (unpaired) electrons. The second-order valence-corrected chi connectivity index (χ2v) is 4.61. The maximum absolute atomic E-state index is 6.04. The van der Waals surface area contributed by atoms with Crippen LogP contribution in [0.2, 0.25) is 10.0 Å². The molecular weight excluding hydrogens is 237 g/mol. The van der Waals surface area contributed by atoms with Crippen molar-refractivity contribution in [3.05, 3.63) is 33.8 Å². The summed E-state index contributed by atoms with van der Waals surface area (Å²) in [4.78, 5) is 0.503. The highest BCUT2D eigenvalue weighted by atomic mass is 35.5. The van der Waals surface area contributed by atoms with Crippen molar-refractivity contribution in [2.45, 2.75) is 19.3 Å². The van der Waals surface area contributed by atoms with Gasteiger partial charge in [0.05, 0.1) is 4.99 Å². The van der Waals surface area contributed by atoms with Gasteiger partial charge in [0.2, 0.25) is 0 Å². The van der Waals surface area contributed by atoms with Gasteiger partial charge in [-0.2, -0.15) is 0 Å². The lowest BCUT2D eigenvalue weighted by atomic mass is 9.98. The van der Waals surface area contributed by atoms with E-state index in [4.69, 9.17) is 41.2 Å². The van der Waals surface area contributed by atoms with Gasteiger partial charge in [-0.25, -0.2) is 0 Å². The van der Waals surface area contributed by atoms with Crippen LogP contribution in [0.25, 0.3) is 0 Å². The Morgan fingerprint density at radius 2 is 2.14 bits per heavy atom. The maximum atomic E-state index is 6.04. The van der Waals surface area contributed by atoms with Crippen molar-refractivity contribution in [2.24, 2.45) is 5.73 Å². The fraction of sp³-hybridized carbons (Fsp3) is 0.300. The Hall–Kier alpha value is -0.310. The van der Waals surface area contributed by atoms with Crippen LogP contribution in [-0.2, 0) is 0 Å². The number of hydrogen-bond acceptors (Lipinski definition) is 1. The van der Waals surface area contributed by atoms with E-state index in [1.54, 1.807) is 6.07 Å². The Balaban J connectivity index is 2.90. The molecule has 0 spiro atoms. The second kappa shape index (κ2) is 4.96. The van der Waals surface area contributed by atoms with Crippen molar-refractivity contribution in [1.82, 2.24) is 0 Å². The number of hydrogen-bond donors (Lipinski definition) is 1. The zero-order chi connectivity index (χ0) is 10.7.